The molecule has 0 unspecified atom stereocenters. The fraction of sp³-hybridized carbons (Fsp3) is 0.400. The van der Waals surface area contributed by atoms with Gasteiger partial charge in [0.2, 0.25) is 6.19 Å². The molecule has 0 atom stereocenters. The molecule has 120 valence electrons. The number of unbranched alkanes of at least 4 members (excludes halogenated alkanes) is 3. The predicted molar refractivity (Wildman–Crippen MR) is 95.5 cm³/mol. The fourth-order valence-corrected chi connectivity index (χ4v) is 2.55. The molecule has 0 amide bonds. The van der Waals surface area contributed by atoms with Gasteiger partial charge in [-0.2, -0.15) is 10.3 Å². The van der Waals surface area contributed by atoms with Gasteiger partial charge in [-0.3, -0.25) is 0 Å². The molecule has 3 nitrogen and oxygen atoms in total. The molecular weight excluding hydrogens is 284 g/mol. The highest BCUT2D eigenvalue weighted by molar-refractivity contribution is 6.06. The summed E-state index contributed by atoms with van der Waals surface area (Å²) >= 11 is 0. The molecular formula is C20H24N2O. The van der Waals surface area contributed by atoms with E-state index in [9.17, 15) is 0 Å². The van der Waals surface area contributed by atoms with Crippen molar-refractivity contribution in [3.05, 3.63) is 47.6 Å². The van der Waals surface area contributed by atoms with Crippen molar-refractivity contribution in [1.29, 1.82) is 5.26 Å². The van der Waals surface area contributed by atoms with E-state index in [1.165, 1.54) is 19.3 Å². The number of aliphatic imine (C=N–C) groups is 1. The van der Waals surface area contributed by atoms with Crippen LogP contribution in [-0.2, 0) is 0 Å². The molecule has 1 aliphatic rings. The van der Waals surface area contributed by atoms with E-state index in [4.69, 9.17) is 10.00 Å². The Hall–Kier alpha value is -2.34. The van der Waals surface area contributed by atoms with E-state index in [0.717, 1.165) is 48.5 Å². The zero-order valence-corrected chi connectivity index (χ0v) is 13.8. The molecule has 1 aliphatic carbocycles. The van der Waals surface area contributed by atoms with Crippen LogP contribution < -0.4 is 4.74 Å². The van der Waals surface area contributed by atoms with Crippen LogP contribution in [0.5, 0.6) is 5.75 Å². The van der Waals surface area contributed by atoms with Crippen LogP contribution >= 0.6 is 0 Å². The number of hydrogen-bond acceptors (Lipinski definition) is 3. The summed E-state index contributed by atoms with van der Waals surface area (Å²) in [5.41, 5.74) is 3.09. The smallest absolute Gasteiger partial charge is 0.205 e. The lowest BCUT2D eigenvalue weighted by atomic mass is 9.96. The highest BCUT2D eigenvalue weighted by atomic mass is 16.5. The maximum Gasteiger partial charge on any atom is 0.205 e. The van der Waals surface area contributed by atoms with Gasteiger partial charge in [-0.15, -0.1) is 0 Å². The number of allylic oxidation sites excluding steroid dienone is 3. The van der Waals surface area contributed by atoms with Crippen LogP contribution in [0.1, 0.15) is 51.0 Å². The second-order valence-electron chi connectivity index (χ2n) is 5.69. The standard InChI is InChI=1S/C20H24N2O/c1-2-3-4-7-14-23-19-12-10-17(11-13-19)15-18-8-5-6-9-20(18)22-16-21/h5-6,10-13,15H,2-4,7-9,14H2,1H3. The normalized spacial score (nSPS) is 17.4. The molecule has 23 heavy (non-hydrogen) atoms. The molecule has 0 aromatic heterocycles. The van der Waals surface area contributed by atoms with Gasteiger partial charge in [-0.25, -0.2) is 0 Å². The van der Waals surface area contributed by atoms with E-state index in [2.05, 4.69) is 42.3 Å². The monoisotopic (exact) mass is 308 g/mol. The van der Waals surface area contributed by atoms with Crippen molar-refractivity contribution in [3.63, 3.8) is 0 Å². The van der Waals surface area contributed by atoms with E-state index in [1.807, 2.05) is 18.3 Å². The minimum atomic E-state index is 0.734. The van der Waals surface area contributed by atoms with Gasteiger partial charge in [0, 0.05) is 6.42 Å². The molecule has 0 aliphatic heterocycles. The zero-order chi connectivity index (χ0) is 16.3. The van der Waals surface area contributed by atoms with Crippen molar-refractivity contribution in [2.24, 2.45) is 4.99 Å². The molecule has 0 saturated carbocycles. The Morgan fingerprint density at radius 3 is 2.65 bits per heavy atom. The minimum absolute atomic E-state index is 0.734. The number of rotatable bonds is 7. The Balaban J connectivity index is 1.94. The summed E-state index contributed by atoms with van der Waals surface area (Å²) in [4.78, 5) is 3.92. The van der Waals surface area contributed by atoms with Gasteiger partial charge in [0.25, 0.3) is 0 Å². The van der Waals surface area contributed by atoms with E-state index >= 15 is 0 Å². The summed E-state index contributed by atoms with van der Waals surface area (Å²) in [6.45, 7) is 2.99. The van der Waals surface area contributed by atoms with Gasteiger partial charge in [-0.1, -0.05) is 50.5 Å². The molecule has 0 saturated heterocycles. The highest BCUT2D eigenvalue weighted by Gasteiger charge is 2.09. The van der Waals surface area contributed by atoms with Crippen molar-refractivity contribution < 1.29 is 4.74 Å². The van der Waals surface area contributed by atoms with Gasteiger partial charge >= 0.3 is 0 Å². The molecule has 0 radical (unpaired) electrons. The van der Waals surface area contributed by atoms with Crippen molar-refractivity contribution >= 4 is 11.8 Å². The topological polar surface area (TPSA) is 45.4 Å². The Kier molecular flexibility index (Phi) is 7.13. The highest BCUT2D eigenvalue weighted by Crippen LogP contribution is 2.20. The van der Waals surface area contributed by atoms with Crippen LogP contribution in [0.3, 0.4) is 0 Å². The first-order valence-corrected chi connectivity index (χ1v) is 8.38. The summed E-state index contributed by atoms with van der Waals surface area (Å²) in [5, 5.41) is 8.77. The molecule has 0 fully saturated rings. The predicted octanol–water partition coefficient (Wildman–Crippen LogP) is 5.30. The summed E-state index contributed by atoms with van der Waals surface area (Å²) < 4.78 is 5.76. The van der Waals surface area contributed by atoms with Crippen molar-refractivity contribution in [2.45, 2.75) is 45.4 Å². The number of nitriles is 1. The molecule has 0 heterocycles. The van der Waals surface area contributed by atoms with Crippen molar-refractivity contribution in [3.8, 4) is 11.9 Å². The first kappa shape index (κ1) is 17.0. The first-order valence-electron chi connectivity index (χ1n) is 8.38. The number of hydrogen-bond donors (Lipinski definition) is 0. The molecule has 0 spiro atoms. The quantitative estimate of drug-likeness (QED) is 0.390. The molecule has 3 heteroatoms. The second kappa shape index (κ2) is 9.63. The summed E-state index contributed by atoms with van der Waals surface area (Å²) in [5.74, 6) is 0.915. The Morgan fingerprint density at radius 1 is 1.13 bits per heavy atom. The van der Waals surface area contributed by atoms with Crippen LogP contribution in [0.2, 0.25) is 0 Å². The third-order valence-corrected chi connectivity index (χ3v) is 3.86. The summed E-state index contributed by atoms with van der Waals surface area (Å²) in [7, 11) is 0. The minimum Gasteiger partial charge on any atom is -0.494 e. The molecule has 1 aromatic rings. The first-order chi connectivity index (χ1) is 11.3. The van der Waals surface area contributed by atoms with Gasteiger partial charge in [0.15, 0.2) is 0 Å². The molecule has 0 N–H and O–H groups in total. The average Bonchev–Trinajstić information content (AvgIpc) is 2.58. The van der Waals surface area contributed by atoms with E-state index in [-0.39, 0.29) is 0 Å². The summed E-state index contributed by atoms with van der Waals surface area (Å²) in [6, 6.07) is 8.12. The Bertz CT molecular complexity index is 618. The average molecular weight is 308 g/mol. The van der Waals surface area contributed by atoms with E-state index in [1.54, 1.807) is 0 Å². The van der Waals surface area contributed by atoms with Crippen LogP contribution in [0.25, 0.3) is 6.08 Å². The SMILES string of the molecule is CCCCCCOc1ccc(C=C2CC=CCC2=NC#N)cc1. The lowest BCUT2D eigenvalue weighted by molar-refractivity contribution is 0.305. The number of benzene rings is 1. The largest absolute Gasteiger partial charge is 0.494 e. The maximum absolute atomic E-state index is 8.77. The van der Waals surface area contributed by atoms with E-state index < -0.39 is 0 Å². The van der Waals surface area contributed by atoms with Crippen molar-refractivity contribution in [2.75, 3.05) is 6.61 Å². The fourth-order valence-electron chi connectivity index (χ4n) is 2.55. The molecule has 2 rings (SSSR count). The van der Waals surface area contributed by atoms with Crippen molar-refractivity contribution in [1.82, 2.24) is 0 Å². The Morgan fingerprint density at radius 2 is 1.91 bits per heavy atom. The van der Waals surface area contributed by atoms with Gasteiger partial charge in [-0.05, 0) is 42.2 Å². The van der Waals surface area contributed by atoms with Crippen LogP contribution in [0.15, 0.2) is 47.0 Å². The third kappa shape index (κ3) is 5.75. The molecule has 0 bridgehead atoms. The Labute approximate surface area is 139 Å². The van der Waals surface area contributed by atoms with Crippen LogP contribution in [0.4, 0.5) is 0 Å². The lowest BCUT2D eigenvalue weighted by Crippen LogP contribution is -2.04. The third-order valence-electron chi connectivity index (χ3n) is 3.86. The number of nitrogens with zero attached hydrogens (tertiary/aromatic N) is 2. The second-order valence-corrected chi connectivity index (χ2v) is 5.69. The van der Waals surface area contributed by atoms with Crippen LogP contribution in [0, 0.1) is 11.5 Å². The van der Waals surface area contributed by atoms with Gasteiger partial charge in [0.05, 0.1) is 12.3 Å². The number of ether oxygens (including phenoxy) is 1. The summed E-state index contributed by atoms with van der Waals surface area (Å²) in [6.07, 6.45) is 14.6. The van der Waals surface area contributed by atoms with Gasteiger partial charge in [0.1, 0.15) is 5.75 Å². The van der Waals surface area contributed by atoms with Gasteiger partial charge < -0.3 is 4.74 Å². The molecule has 1 aromatic carbocycles. The van der Waals surface area contributed by atoms with Crippen LogP contribution in [-0.4, -0.2) is 12.3 Å². The zero-order valence-electron chi connectivity index (χ0n) is 13.8. The maximum atomic E-state index is 8.77. The van der Waals surface area contributed by atoms with E-state index in [0.29, 0.717) is 0 Å². The lowest BCUT2D eigenvalue weighted by Gasteiger charge is -2.11.